The summed E-state index contributed by atoms with van der Waals surface area (Å²) in [5, 5.41) is 21.9. The van der Waals surface area contributed by atoms with E-state index in [-0.39, 0.29) is 28.5 Å². The van der Waals surface area contributed by atoms with Crippen molar-refractivity contribution in [2.75, 3.05) is 14.2 Å². The maximum absolute atomic E-state index is 14.2. The number of aromatic hydroxyl groups is 2. The number of aromatic amines is 1. The lowest BCUT2D eigenvalue weighted by atomic mass is 9.96. The van der Waals surface area contributed by atoms with Crippen molar-refractivity contribution in [3.8, 4) is 45.4 Å². The molecule has 5 rings (SSSR count). The minimum Gasteiger partial charge on any atom is -0.504 e. The van der Waals surface area contributed by atoms with Gasteiger partial charge in [-0.1, -0.05) is 48.0 Å². The number of aromatic nitrogens is 1. The first-order valence-electron chi connectivity index (χ1n) is 11.2. The number of halogens is 2. The van der Waals surface area contributed by atoms with Crippen molar-refractivity contribution in [2.24, 2.45) is 0 Å². The van der Waals surface area contributed by atoms with Gasteiger partial charge in [0.2, 0.25) is 5.88 Å². The Balaban J connectivity index is 1.56. The fourth-order valence-electron chi connectivity index (χ4n) is 4.35. The minimum absolute atomic E-state index is 0.00964. The lowest BCUT2D eigenvalue weighted by Crippen LogP contribution is -2.02. The van der Waals surface area contributed by atoms with Crippen molar-refractivity contribution < 1.29 is 28.9 Å². The number of carbonyl (C=O) groups excluding carboxylic acids is 1. The van der Waals surface area contributed by atoms with E-state index in [1.807, 2.05) is 24.3 Å². The van der Waals surface area contributed by atoms with Gasteiger partial charge < -0.3 is 24.7 Å². The van der Waals surface area contributed by atoms with E-state index in [1.54, 1.807) is 30.3 Å². The Kier molecular flexibility index (Phi) is 6.23. The molecule has 37 heavy (non-hydrogen) atoms. The van der Waals surface area contributed by atoms with Crippen LogP contribution in [0.5, 0.6) is 23.1 Å². The molecule has 0 aliphatic heterocycles. The molecule has 0 saturated carbocycles. The van der Waals surface area contributed by atoms with Crippen LogP contribution in [0.15, 0.2) is 72.8 Å². The summed E-state index contributed by atoms with van der Waals surface area (Å²) in [6, 6.07) is 19.8. The fourth-order valence-corrected chi connectivity index (χ4v) is 4.63. The monoisotopic (exact) mass is 517 g/mol. The normalized spacial score (nSPS) is 11.0. The molecule has 1 aromatic heterocycles. The molecule has 8 heteroatoms. The van der Waals surface area contributed by atoms with Gasteiger partial charge in [-0.05, 0) is 47.5 Å². The third-order valence-corrected chi connectivity index (χ3v) is 6.55. The third-order valence-electron chi connectivity index (χ3n) is 6.23. The van der Waals surface area contributed by atoms with Crippen LogP contribution < -0.4 is 9.47 Å². The van der Waals surface area contributed by atoms with Crippen molar-refractivity contribution in [1.82, 2.24) is 4.98 Å². The average Bonchev–Trinajstić information content (AvgIpc) is 3.22. The van der Waals surface area contributed by atoms with E-state index in [2.05, 4.69) is 4.98 Å². The first-order valence-corrected chi connectivity index (χ1v) is 11.6. The van der Waals surface area contributed by atoms with Crippen LogP contribution in [0.3, 0.4) is 0 Å². The number of fused-ring (bicyclic) bond motifs is 1. The largest absolute Gasteiger partial charge is 0.504 e. The van der Waals surface area contributed by atoms with E-state index in [9.17, 15) is 19.4 Å². The summed E-state index contributed by atoms with van der Waals surface area (Å²) in [5.41, 5.74) is 3.30. The fraction of sp³-hybridized carbons (Fsp3) is 0.0690. The van der Waals surface area contributed by atoms with Gasteiger partial charge in [0.15, 0.2) is 28.8 Å². The SMILES string of the molecule is COc1ccc(C(=O)c2c(O)[nH]c3cc(Cl)c(-c4ccc(-c5cccc(OC)c5O)cc4)cc23)cc1F. The molecule has 1 heterocycles. The molecule has 0 radical (unpaired) electrons. The highest BCUT2D eigenvalue weighted by molar-refractivity contribution is 6.34. The molecular weight excluding hydrogens is 497 g/mol. The number of H-pyrrole nitrogens is 1. The van der Waals surface area contributed by atoms with E-state index >= 15 is 0 Å². The van der Waals surface area contributed by atoms with Crippen molar-refractivity contribution in [3.05, 3.63) is 94.8 Å². The van der Waals surface area contributed by atoms with Gasteiger partial charge in [0.25, 0.3) is 0 Å². The summed E-state index contributed by atoms with van der Waals surface area (Å²) in [4.78, 5) is 16.0. The number of ketones is 1. The van der Waals surface area contributed by atoms with Gasteiger partial charge >= 0.3 is 0 Å². The summed E-state index contributed by atoms with van der Waals surface area (Å²) in [5.74, 6) is -1.15. The number of methoxy groups -OCH3 is 2. The van der Waals surface area contributed by atoms with Crippen LogP contribution in [0, 0.1) is 5.82 Å². The van der Waals surface area contributed by atoms with Crippen LogP contribution in [-0.4, -0.2) is 35.2 Å². The van der Waals surface area contributed by atoms with Crippen LogP contribution in [0.25, 0.3) is 33.2 Å². The van der Waals surface area contributed by atoms with Crippen molar-refractivity contribution in [1.29, 1.82) is 0 Å². The van der Waals surface area contributed by atoms with Crippen LogP contribution in [-0.2, 0) is 0 Å². The Hall–Kier alpha value is -4.49. The van der Waals surface area contributed by atoms with Gasteiger partial charge in [0.05, 0.1) is 30.3 Å². The zero-order valence-corrected chi connectivity index (χ0v) is 20.6. The molecule has 0 aliphatic rings. The van der Waals surface area contributed by atoms with Crippen molar-refractivity contribution in [3.63, 3.8) is 0 Å². The standard InChI is InChI=1S/C29H21ClFNO5/c1-36-24-11-10-17(12-22(24)31)27(33)26-20-13-19(21(30)14-23(20)32-29(26)35)16-8-6-15(7-9-16)18-4-3-5-25(37-2)28(18)34/h3-14,32,34-35H,1-2H3. The highest BCUT2D eigenvalue weighted by Gasteiger charge is 2.23. The van der Waals surface area contributed by atoms with Crippen LogP contribution in [0.4, 0.5) is 4.39 Å². The van der Waals surface area contributed by atoms with Gasteiger partial charge in [0.1, 0.15) is 0 Å². The molecule has 0 fully saturated rings. The third kappa shape index (κ3) is 4.23. The highest BCUT2D eigenvalue weighted by atomic mass is 35.5. The number of carbonyl (C=O) groups is 1. The number of para-hydroxylation sites is 1. The molecule has 0 aliphatic carbocycles. The van der Waals surface area contributed by atoms with Crippen molar-refractivity contribution >= 4 is 28.3 Å². The summed E-state index contributed by atoms with van der Waals surface area (Å²) >= 11 is 6.57. The Bertz CT molecular complexity index is 1660. The predicted molar refractivity (Wildman–Crippen MR) is 140 cm³/mol. The number of hydrogen-bond donors (Lipinski definition) is 3. The molecule has 0 unspecified atom stereocenters. The molecule has 0 saturated heterocycles. The van der Waals surface area contributed by atoms with Crippen molar-refractivity contribution in [2.45, 2.75) is 0 Å². The van der Waals surface area contributed by atoms with Gasteiger partial charge in [-0.2, -0.15) is 0 Å². The quantitative estimate of drug-likeness (QED) is 0.212. The van der Waals surface area contributed by atoms with E-state index in [0.29, 0.717) is 32.8 Å². The molecular formula is C29H21ClFNO5. The number of phenolic OH excluding ortho intramolecular Hbond substituents is 1. The maximum Gasteiger partial charge on any atom is 0.200 e. The molecule has 6 nitrogen and oxygen atoms in total. The molecule has 0 bridgehead atoms. The van der Waals surface area contributed by atoms with Crippen LogP contribution in [0.1, 0.15) is 15.9 Å². The Morgan fingerprint density at radius 3 is 2.19 bits per heavy atom. The molecule has 0 atom stereocenters. The lowest BCUT2D eigenvalue weighted by molar-refractivity contribution is 0.103. The highest BCUT2D eigenvalue weighted by Crippen LogP contribution is 2.40. The molecule has 186 valence electrons. The maximum atomic E-state index is 14.2. The van der Waals surface area contributed by atoms with Crippen LogP contribution >= 0.6 is 11.6 Å². The Labute approximate surface area is 216 Å². The lowest BCUT2D eigenvalue weighted by Gasteiger charge is -2.11. The average molecular weight is 518 g/mol. The Morgan fingerprint density at radius 1 is 0.865 bits per heavy atom. The van der Waals surface area contributed by atoms with Crippen LogP contribution in [0.2, 0.25) is 5.02 Å². The van der Waals surface area contributed by atoms with Gasteiger partial charge in [0, 0.05) is 22.1 Å². The molecule has 3 N–H and O–H groups in total. The second kappa shape index (κ2) is 9.52. The number of rotatable bonds is 6. The molecule has 5 aromatic rings. The second-order valence-corrected chi connectivity index (χ2v) is 8.75. The minimum atomic E-state index is -0.682. The smallest absolute Gasteiger partial charge is 0.200 e. The Morgan fingerprint density at radius 2 is 1.54 bits per heavy atom. The first-order chi connectivity index (χ1) is 17.8. The van der Waals surface area contributed by atoms with E-state index in [4.69, 9.17) is 21.1 Å². The number of phenols is 1. The zero-order chi connectivity index (χ0) is 26.3. The van der Waals surface area contributed by atoms with Gasteiger partial charge in [-0.15, -0.1) is 0 Å². The summed E-state index contributed by atoms with van der Waals surface area (Å²) in [7, 11) is 2.83. The van der Waals surface area contributed by atoms with E-state index in [0.717, 1.165) is 17.2 Å². The number of ether oxygens (including phenoxy) is 2. The summed E-state index contributed by atoms with van der Waals surface area (Å²) in [6.07, 6.45) is 0. The molecule has 4 aromatic carbocycles. The van der Waals surface area contributed by atoms with E-state index < -0.39 is 11.6 Å². The summed E-state index contributed by atoms with van der Waals surface area (Å²) < 4.78 is 24.4. The number of hydrogen-bond acceptors (Lipinski definition) is 5. The first kappa shape index (κ1) is 24.2. The van der Waals surface area contributed by atoms with E-state index in [1.165, 1.54) is 26.4 Å². The van der Waals surface area contributed by atoms with Gasteiger partial charge in [-0.25, -0.2) is 4.39 Å². The zero-order valence-electron chi connectivity index (χ0n) is 19.8. The number of benzene rings is 4. The van der Waals surface area contributed by atoms with Gasteiger partial charge in [-0.3, -0.25) is 4.79 Å². The predicted octanol–water partition coefficient (Wildman–Crippen LogP) is 6.95. The number of nitrogens with one attached hydrogen (secondary N) is 1. The molecule has 0 spiro atoms. The topological polar surface area (TPSA) is 91.8 Å². The summed E-state index contributed by atoms with van der Waals surface area (Å²) in [6.45, 7) is 0. The molecule has 0 amide bonds. The second-order valence-electron chi connectivity index (χ2n) is 8.34.